The van der Waals surface area contributed by atoms with Crippen molar-refractivity contribution in [3.8, 4) is 11.3 Å². The van der Waals surface area contributed by atoms with Crippen molar-refractivity contribution < 1.29 is 0 Å². The average Bonchev–Trinajstić information content (AvgIpc) is 2.96. The lowest BCUT2D eigenvalue weighted by atomic mass is 10.0. The standard InChI is InChI=1S/C12H13N3S/c13-7-11-12(14-15-16-11)10-5-4-8-2-1-3-9(8)6-10/h4-6H,1-3,7,13H2. The molecule has 0 fully saturated rings. The topological polar surface area (TPSA) is 51.8 Å². The number of aromatic nitrogens is 2. The molecule has 2 aromatic rings. The highest BCUT2D eigenvalue weighted by Crippen LogP contribution is 2.29. The quantitative estimate of drug-likeness (QED) is 0.861. The van der Waals surface area contributed by atoms with Gasteiger partial charge in [-0.05, 0) is 48.0 Å². The maximum atomic E-state index is 5.68. The molecule has 0 radical (unpaired) electrons. The zero-order valence-electron chi connectivity index (χ0n) is 8.94. The fourth-order valence-corrected chi connectivity index (χ4v) is 2.82. The number of aryl methyl sites for hydroxylation is 2. The van der Waals surface area contributed by atoms with Crippen LogP contribution in [0.1, 0.15) is 22.4 Å². The summed E-state index contributed by atoms with van der Waals surface area (Å²) in [4.78, 5) is 1.07. The summed E-state index contributed by atoms with van der Waals surface area (Å²) in [7, 11) is 0. The molecule has 4 heteroatoms. The Balaban J connectivity index is 2.07. The van der Waals surface area contributed by atoms with Gasteiger partial charge >= 0.3 is 0 Å². The van der Waals surface area contributed by atoms with Crippen molar-refractivity contribution in [1.29, 1.82) is 0 Å². The predicted octanol–water partition coefficient (Wildman–Crippen LogP) is 2.15. The van der Waals surface area contributed by atoms with E-state index in [1.54, 1.807) is 0 Å². The molecule has 0 spiro atoms. The molecule has 1 aliphatic rings. The normalized spacial score (nSPS) is 14.1. The van der Waals surface area contributed by atoms with Gasteiger partial charge in [-0.15, -0.1) is 5.10 Å². The molecule has 1 aromatic carbocycles. The van der Waals surface area contributed by atoms with Crippen molar-refractivity contribution in [2.45, 2.75) is 25.8 Å². The van der Waals surface area contributed by atoms with Crippen molar-refractivity contribution in [3.63, 3.8) is 0 Å². The Labute approximate surface area is 98.5 Å². The zero-order valence-corrected chi connectivity index (χ0v) is 9.76. The molecule has 3 nitrogen and oxygen atoms in total. The van der Waals surface area contributed by atoms with E-state index in [0.29, 0.717) is 6.54 Å². The van der Waals surface area contributed by atoms with Crippen LogP contribution in [0.4, 0.5) is 0 Å². The number of benzene rings is 1. The van der Waals surface area contributed by atoms with Gasteiger partial charge in [0.25, 0.3) is 0 Å². The minimum absolute atomic E-state index is 0.518. The molecule has 1 aromatic heterocycles. The van der Waals surface area contributed by atoms with E-state index < -0.39 is 0 Å². The summed E-state index contributed by atoms with van der Waals surface area (Å²) in [6, 6.07) is 6.61. The van der Waals surface area contributed by atoms with E-state index in [1.807, 2.05) is 0 Å². The number of rotatable bonds is 2. The Morgan fingerprint density at radius 3 is 3.00 bits per heavy atom. The first-order valence-corrected chi connectivity index (χ1v) is 6.29. The second-order valence-electron chi connectivity index (χ2n) is 4.09. The summed E-state index contributed by atoms with van der Waals surface area (Å²) in [5, 5.41) is 4.17. The van der Waals surface area contributed by atoms with Crippen molar-refractivity contribution in [1.82, 2.24) is 9.59 Å². The number of nitrogens with zero attached hydrogens (tertiary/aromatic N) is 2. The fraction of sp³-hybridized carbons (Fsp3) is 0.333. The Kier molecular flexibility index (Phi) is 2.46. The van der Waals surface area contributed by atoms with Gasteiger partial charge in [-0.3, -0.25) is 0 Å². The molecule has 0 amide bonds. The van der Waals surface area contributed by atoms with Gasteiger partial charge in [0.05, 0.1) is 4.88 Å². The third-order valence-corrected chi connectivity index (χ3v) is 3.86. The summed E-state index contributed by atoms with van der Waals surface area (Å²) >= 11 is 1.39. The minimum Gasteiger partial charge on any atom is -0.326 e. The van der Waals surface area contributed by atoms with Gasteiger partial charge in [0.15, 0.2) is 0 Å². The van der Waals surface area contributed by atoms with Crippen LogP contribution < -0.4 is 5.73 Å². The largest absolute Gasteiger partial charge is 0.326 e. The van der Waals surface area contributed by atoms with E-state index in [-0.39, 0.29) is 0 Å². The van der Waals surface area contributed by atoms with Crippen molar-refractivity contribution in [3.05, 3.63) is 34.2 Å². The van der Waals surface area contributed by atoms with Crippen LogP contribution in [0.5, 0.6) is 0 Å². The van der Waals surface area contributed by atoms with Crippen LogP contribution in [0.3, 0.4) is 0 Å². The van der Waals surface area contributed by atoms with Crippen LogP contribution in [0, 0.1) is 0 Å². The molecule has 0 aliphatic heterocycles. The third-order valence-electron chi connectivity index (χ3n) is 3.11. The molecule has 0 saturated carbocycles. The van der Waals surface area contributed by atoms with E-state index >= 15 is 0 Å². The van der Waals surface area contributed by atoms with Crippen LogP contribution >= 0.6 is 11.5 Å². The van der Waals surface area contributed by atoms with Crippen LogP contribution in [-0.2, 0) is 19.4 Å². The van der Waals surface area contributed by atoms with Crippen molar-refractivity contribution in [2.75, 3.05) is 0 Å². The molecule has 0 unspecified atom stereocenters. The summed E-state index contributed by atoms with van der Waals surface area (Å²) < 4.78 is 3.97. The van der Waals surface area contributed by atoms with Crippen LogP contribution in [0.2, 0.25) is 0 Å². The zero-order chi connectivity index (χ0) is 11.0. The highest BCUT2D eigenvalue weighted by molar-refractivity contribution is 7.05. The first-order chi connectivity index (χ1) is 7.88. The minimum atomic E-state index is 0.518. The van der Waals surface area contributed by atoms with Crippen molar-refractivity contribution >= 4 is 11.5 Å². The molecular weight excluding hydrogens is 218 g/mol. The molecule has 1 heterocycles. The first-order valence-electron chi connectivity index (χ1n) is 5.52. The van der Waals surface area contributed by atoms with Crippen LogP contribution in [-0.4, -0.2) is 9.59 Å². The van der Waals surface area contributed by atoms with Crippen LogP contribution in [0.15, 0.2) is 18.2 Å². The second kappa shape index (κ2) is 3.96. The molecular formula is C12H13N3S. The Hall–Kier alpha value is -1.26. The predicted molar refractivity (Wildman–Crippen MR) is 65.3 cm³/mol. The lowest BCUT2D eigenvalue weighted by molar-refractivity contribution is 0.912. The summed E-state index contributed by atoms with van der Waals surface area (Å²) in [5.41, 5.74) is 10.8. The lowest BCUT2D eigenvalue weighted by Crippen LogP contribution is -1.96. The van der Waals surface area contributed by atoms with Gasteiger partial charge in [-0.2, -0.15) is 0 Å². The van der Waals surface area contributed by atoms with E-state index in [2.05, 4.69) is 27.8 Å². The smallest absolute Gasteiger partial charge is 0.110 e. The van der Waals surface area contributed by atoms with Gasteiger partial charge in [0, 0.05) is 12.1 Å². The van der Waals surface area contributed by atoms with E-state index in [4.69, 9.17) is 5.73 Å². The third kappa shape index (κ3) is 1.54. The summed E-state index contributed by atoms with van der Waals surface area (Å²) in [6.07, 6.45) is 3.69. The molecule has 1 aliphatic carbocycles. The van der Waals surface area contributed by atoms with Gasteiger partial charge in [0.1, 0.15) is 5.69 Å². The first kappa shape index (κ1) is 9.93. The number of hydrogen-bond donors (Lipinski definition) is 1. The van der Waals surface area contributed by atoms with E-state index in [0.717, 1.165) is 16.1 Å². The molecule has 0 bridgehead atoms. The Morgan fingerprint density at radius 1 is 1.25 bits per heavy atom. The summed E-state index contributed by atoms with van der Waals surface area (Å²) in [5.74, 6) is 0. The highest BCUT2D eigenvalue weighted by atomic mass is 32.1. The Morgan fingerprint density at radius 2 is 2.12 bits per heavy atom. The van der Waals surface area contributed by atoms with Crippen molar-refractivity contribution in [2.24, 2.45) is 5.73 Å². The number of nitrogens with two attached hydrogens (primary N) is 1. The molecule has 82 valence electrons. The molecule has 3 rings (SSSR count). The van der Waals surface area contributed by atoms with Gasteiger partial charge < -0.3 is 5.73 Å². The van der Waals surface area contributed by atoms with Gasteiger partial charge in [-0.25, -0.2) is 0 Å². The molecule has 0 saturated heterocycles. The fourth-order valence-electron chi connectivity index (χ4n) is 2.28. The van der Waals surface area contributed by atoms with E-state index in [1.165, 1.54) is 41.9 Å². The van der Waals surface area contributed by atoms with Crippen LogP contribution in [0.25, 0.3) is 11.3 Å². The number of hydrogen-bond acceptors (Lipinski definition) is 4. The Bertz CT molecular complexity index is 519. The number of fused-ring (bicyclic) bond motifs is 1. The summed E-state index contributed by atoms with van der Waals surface area (Å²) in [6.45, 7) is 0.518. The maximum Gasteiger partial charge on any atom is 0.110 e. The molecule has 16 heavy (non-hydrogen) atoms. The molecule has 0 atom stereocenters. The molecule has 2 N–H and O–H groups in total. The second-order valence-corrected chi connectivity index (χ2v) is 4.92. The SMILES string of the molecule is NCc1snnc1-c1ccc2c(c1)CCC2. The highest BCUT2D eigenvalue weighted by Gasteiger charge is 2.14. The van der Waals surface area contributed by atoms with Gasteiger partial charge in [-0.1, -0.05) is 16.6 Å². The van der Waals surface area contributed by atoms with E-state index in [9.17, 15) is 0 Å². The lowest BCUT2D eigenvalue weighted by Gasteiger charge is -2.03. The van der Waals surface area contributed by atoms with Gasteiger partial charge in [0.2, 0.25) is 0 Å². The maximum absolute atomic E-state index is 5.68. The average molecular weight is 231 g/mol. The monoisotopic (exact) mass is 231 g/mol.